The summed E-state index contributed by atoms with van der Waals surface area (Å²) in [4.78, 5) is 26.6. The summed E-state index contributed by atoms with van der Waals surface area (Å²) in [6, 6.07) is 0. The minimum absolute atomic E-state index is 0.195. The van der Waals surface area contributed by atoms with Crippen LogP contribution >= 0.6 is 0 Å². The summed E-state index contributed by atoms with van der Waals surface area (Å²) in [6.07, 6.45) is 3.77. The molecule has 0 radical (unpaired) electrons. The van der Waals surface area contributed by atoms with Crippen LogP contribution in [0.25, 0.3) is 0 Å². The number of hydrogen-bond donors (Lipinski definition) is 2. The van der Waals surface area contributed by atoms with Gasteiger partial charge in [0.25, 0.3) is 0 Å². The minimum Gasteiger partial charge on any atom is -0.481 e. The molecule has 2 rings (SSSR count). The van der Waals surface area contributed by atoms with Gasteiger partial charge in [0.15, 0.2) is 6.33 Å². The molecular weight excluding hydrogens is 238 g/mol. The molecule has 0 bridgehead atoms. The zero-order valence-electron chi connectivity index (χ0n) is 9.83. The van der Waals surface area contributed by atoms with Crippen LogP contribution < -0.4 is 5.32 Å². The van der Waals surface area contributed by atoms with E-state index in [2.05, 4.69) is 15.5 Å². The highest BCUT2D eigenvalue weighted by Gasteiger charge is 2.37. The van der Waals surface area contributed by atoms with Crippen molar-refractivity contribution in [2.45, 2.75) is 25.7 Å². The van der Waals surface area contributed by atoms with Crippen molar-refractivity contribution >= 4 is 11.9 Å². The highest BCUT2D eigenvalue weighted by atomic mass is 16.5. The van der Waals surface area contributed by atoms with Crippen LogP contribution in [0, 0.1) is 11.8 Å². The first kappa shape index (κ1) is 12.5. The van der Waals surface area contributed by atoms with E-state index >= 15 is 0 Å². The van der Waals surface area contributed by atoms with Gasteiger partial charge in [-0.1, -0.05) is 11.6 Å². The van der Waals surface area contributed by atoms with E-state index in [9.17, 15) is 9.59 Å². The fourth-order valence-electron chi connectivity index (χ4n) is 2.30. The quantitative estimate of drug-likeness (QED) is 0.778. The fraction of sp³-hybridized carbons (Fsp3) is 0.636. The molecule has 2 atom stereocenters. The van der Waals surface area contributed by atoms with E-state index in [0.29, 0.717) is 31.7 Å². The predicted octanol–water partition coefficient (Wildman–Crippen LogP) is 0.229. The summed E-state index contributed by atoms with van der Waals surface area (Å²) in [7, 11) is 0. The SMILES string of the molecule is O=C(O)[C@H]1CCC[C@H]1C(=O)NCCc1ncno1. The maximum atomic E-state index is 11.8. The number of nitrogens with one attached hydrogen (secondary N) is 1. The summed E-state index contributed by atoms with van der Waals surface area (Å²) in [5, 5.41) is 15.2. The summed E-state index contributed by atoms with van der Waals surface area (Å²) in [5.41, 5.74) is 0. The van der Waals surface area contributed by atoms with Gasteiger partial charge in [-0.25, -0.2) is 0 Å². The lowest BCUT2D eigenvalue weighted by molar-refractivity contribution is -0.146. The van der Waals surface area contributed by atoms with Gasteiger partial charge in [0.2, 0.25) is 11.8 Å². The van der Waals surface area contributed by atoms with Crippen LogP contribution in [-0.2, 0) is 16.0 Å². The smallest absolute Gasteiger partial charge is 0.307 e. The van der Waals surface area contributed by atoms with E-state index in [0.717, 1.165) is 6.42 Å². The van der Waals surface area contributed by atoms with Crippen LogP contribution in [-0.4, -0.2) is 33.7 Å². The first-order valence-electron chi connectivity index (χ1n) is 5.94. The van der Waals surface area contributed by atoms with Crippen molar-refractivity contribution in [3.8, 4) is 0 Å². The molecule has 7 heteroatoms. The molecule has 0 aliphatic heterocycles. The van der Waals surface area contributed by atoms with Crippen LogP contribution in [0.3, 0.4) is 0 Å². The van der Waals surface area contributed by atoms with E-state index in [4.69, 9.17) is 9.63 Å². The monoisotopic (exact) mass is 253 g/mol. The summed E-state index contributed by atoms with van der Waals surface area (Å²) in [6.45, 7) is 0.379. The number of rotatable bonds is 5. The molecule has 1 fully saturated rings. The Kier molecular flexibility index (Phi) is 3.91. The highest BCUT2D eigenvalue weighted by molar-refractivity contribution is 5.85. The van der Waals surface area contributed by atoms with Crippen LogP contribution in [0.2, 0.25) is 0 Å². The average molecular weight is 253 g/mol. The molecule has 1 aliphatic carbocycles. The molecule has 1 heterocycles. The lowest BCUT2D eigenvalue weighted by atomic mass is 9.95. The topological polar surface area (TPSA) is 105 Å². The molecule has 1 amide bonds. The third-order valence-corrected chi connectivity index (χ3v) is 3.21. The van der Waals surface area contributed by atoms with Crippen LogP contribution in [0.15, 0.2) is 10.9 Å². The number of nitrogens with zero attached hydrogens (tertiary/aromatic N) is 2. The molecule has 1 aliphatic rings. The minimum atomic E-state index is -0.885. The molecule has 0 unspecified atom stereocenters. The summed E-state index contributed by atoms with van der Waals surface area (Å²) >= 11 is 0. The van der Waals surface area contributed by atoms with Gasteiger partial charge < -0.3 is 14.9 Å². The Morgan fingerprint density at radius 2 is 2.22 bits per heavy atom. The van der Waals surface area contributed by atoms with Crippen molar-refractivity contribution in [1.29, 1.82) is 0 Å². The number of aliphatic carboxylic acids is 1. The molecule has 1 aromatic heterocycles. The number of carbonyl (C=O) groups excluding carboxylic acids is 1. The predicted molar refractivity (Wildman–Crippen MR) is 59.5 cm³/mol. The third-order valence-electron chi connectivity index (χ3n) is 3.21. The fourth-order valence-corrected chi connectivity index (χ4v) is 2.30. The van der Waals surface area contributed by atoms with Crippen LogP contribution in [0.5, 0.6) is 0 Å². The Morgan fingerprint density at radius 1 is 1.44 bits per heavy atom. The number of hydrogen-bond acceptors (Lipinski definition) is 5. The van der Waals surface area contributed by atoms with E-state index in [1.165, 1.54) is 6.33 Å². The second-order valence-corrected chi connectivity index (χ2v) is 4.36. The van der Waals surface area contributed by atoms with Crippen molar-refractivity contribution in [2.24, 2.45) is 11.8 Å². The van der Waals surface area contributed by atoms with Gasteiger partial charge in [0, 0.05) is 13.0 Å². The normalized spacial score (nSPS) is 22.9. The lowest BCUT2D eigenvalue weighted by Gasteiger charge is -2.14. The maximum absolute atomic E-state index is 11.8. The lowest BCUT2D eigenvalue weighted by Crippen LogP contribution is -2.36. The van der Waals surface area contributed by atoms with Crippen molar-refractivity contribution in [1.82, 2.24) is 15.5 Å². The number of carboxylic acids is 1. The number of aromatic nitrogens is 2. The van der Waals surface area contributed by atoms with Gasteiger partial charge in [-0.05, 0) is 12.8 Å². The highest BCUT2D eigenvalue weighted by Crippen LogP contribution is 2.31. The van der Waals surface area contributed by atoms with Crippen LogP contribution in [0.1, 0.15) is 25.2 Å². The molecule has 18 heavy (non-hydrogen) atoms. The number of amides is 1. The van der Waals surface area contributed by atoms with Gasteiger partial charge in [0.1, 0.15) is 0 Å². The summed E-state index contributed by atoms with van der Waals surface area (Å²) in [5.74, 6) is -1.58. The van der Waals surface area contributed by atoms with Crippen LogP contribution in [0.4, 0.5) is 0 Å². The van der Waals surface area contributed by atoms with Gasteiger partial charge in [0.05, 0.1) is 11.8 Å². The summed E-state index contributed by atoms with van der Waals surface area (Å²) < 4.78 is 4.79. The first-order valence-corrected chi connectivity index (χ1v) is 5.94. The van der Waals surface area contributed by atoms with Crippen molar-refractivity contribution in [2.75, 3.05) is 6.54 Å². The van der Waals surface area contributed by atoms with Gasteiger partial charge in [-0.3, -0.25) is 9.59 Å². The Hall–Kier alpha value is -1.92. The largest absolute Gasteiger partial charge is 0.481 e. The second kappa shape index (κ2) is 5.61. The average Bonchev–Trinajstić information content (AvgIpc) is 2.99. The zero-order chi connectivity index (χ0) is 13.0. The standard InChI is InChI=1S/C11H15N3O4/c15-10(7-2-1-3-8(7)11(16)17)12-5-4-9-13-6-14-18-9/h6-8H,1-5H2,(H,12,15)(H,16,17)/t7-,8+/m1/s1. The Labute approximate surface area is 104 Å². The molecule has 0 spiro atoms. The maximum Gasteiger partial charge on any atom is 0.307 e. The Balaban J connectivity index is 1.79. The van der Waals surface area contributed by atoms with E-state index in [1.54, 1.807) is 0 Å². The molecule has 0 saturated heterocycles. The van der Waals surface area contributed by atoms with E-state index in [-0.39, 0.29) is 5.91 Å². The van der Waals surface area contributed by atoms with Crippen molar-refractivity contribution in [3.63, 3.8) is 0 Å². The first-order chi connectivity index (χ1) is 8.68. The molecule has 7 nitrogen and oxygen atoms in total. The van der Waals surface area contributed by atoms with Gasteiger partial charge >= 0.3 is 5.97 Å². The number of carboxylic acid groups (broad SMARTS) is 1. The third kappa shape index (κ3) is 2.85. The Bertz CT molecular complexity index is 418. The molecule has 98 valence electrons. The molecule has 0 aromatic carbocycles. The van der Waals surface area contributed by atoms with Crippen molar-refractivity contribution in [3.05, 3.63) is 12.2 Å². The second-order valence-electron chi connectivity index (χ2n) is 4.36. The van der Waals surface area contributed by atoms with Gasteiger partial charge in [-0.2, -0.15) is 4.98 Å². The molecular formula is C11H15N3O4. The van der Waals surface area contributed by atoms with E-state index in [1.807, 2.05) is 0 Å². The van der Waals surface area contributed by atoms with Crippen molar-refractivity contribution < 1.29 is 19.2 Å². The Morgan fingerprint density at radius 3 is 2.89 bits per heavy atom. The van der Waals surface area contributed by atoms with Gasteiger partial charge in [-0.15, -0.1) is 0 Å². The molecule has 1 aromatic rings. The zero-order valence-corrected chi connectivity index (χ0v) is 9.83. The molecule has 2 N–H and O–H groups in total. The molecule has 1 saturated carbocycles. The number of carbonyl (C=O) groups is 2. The van der Waals surface area contributed by atoms with E-state index < -0.39 is 17.8 Å².